The number of piperidine rings is 1. The van der Waals surface area contributed by atoms with Crippen molar-refractivity contribution < 1.29 is 9.90 Å². The highest BCUT2D eigenvalue weighted by molar-refractivity contribution is 5.75. The van der Waals surface area contributed by atoms with E-state index >= 15 is 0 Å². The van der Waals surface area contributed by atoms with Crippen LogP contribution in [-0.2, 0) is 4.79 Å². The van der Waals surface area contributed by atoms with Crippen molar-refractivity contribution in [3.05, 3.63) is 0 Å². The van der Waals surface area contributed by atoms with Gasteiger partial charge in [-0.1, -0.05) is 13.8 Å². The van der Waals surface area contributed by atoms with E-state index in [0.29, 0.717) is 5.92 Å². The molecule has 1 heterocycles. The van der Waals surface area contributed by atoms with Crippen molar-refractivity contribution in [2.24, 2.45) is 11.3 Å². The van der Waals surface area contributed by atoms with Gasteiger partial charge in [0.15, 0.2) is 0 Å². The Morgan fingerprint density at radius 3 is 2.38 bits per heavy atom. The molecule has 0 spiro atoms. The smallest absolute Gasteiger partial charge is 0.309 e. The van der Waals surface area contributed by atoms with Crippen LogP contribution in [0.2, 0.25) is 0 Å². The zero-order chi connectivity index (χ0) is 12.6. The van der Waals surface area contributed by atoms with E-state index in [1.54, 1.807) is 0 Å². The number of carbonyl (C=O) groups is 1. The van der Waals surface area contributed by atoms with Crippen LogP contribution in [0.25, 0.3) is 0 Å². The van der Waals surface area contributed by atoms with Crippen molar-refractivity contribution in [1.29, 1.82) is 0 Å². The van der Waals surface area contributed by atoms with Crippen LogP contribution < -0.4 is 0 Å². The van der Waals surface area contributed by atoms with Crippen LogP contribution in [0.15, 0.2) is 0 Å². The number of hydrogen-bond acceptors (Lipinski definition) is 2. The Bertz CT molecular complexity index is 273. The molecule has 94 valence electrons. The number of nitrogens with zero attached hydrogens (tertiary/aromatic N) is 1. The van der Waals surface area contributed by atoms with Crippen LogP contribution in [0.4, 0.5) is 0 Å². The van der Waals surface area contributed by atoms with E-state index in [0.717, 1.165) is 25.8 Å². The van der Waals surface area contributed by atoms with Crippen molar-refractivity contribution in [3.8, 4) is 0 Å². The first-order valence-electron chi connectivity index (χ1n) is 6.14. The fraction of sp³-hybridized carbons (Fsp3) is 0.923. The van der Waals surface area contributed by atoms with E-state index in [-0.39, 0.29) is 5.54 Å². The van der Waals surface area contributed by atoms with E-state index in [2.05, 4.69) is 39.6 Å². The molecule has 0 radical (unpaired) electrons. The molecule has 0 amide bonds. The van der Waals surface area contributed by atoms with Crippen LogP contribution in [0, 0.1) is 11.3 Å². The van der Waals surface area contributed by atoms with Gasteiger partial charge in [-0.25, -0.2) is 0 Å². The minimum atomic E-state index is -0.609. The molecule has 1 rings (SSSR count). The molecular weight excluding hydrogens is 202 g/mol. The molecule has 3 nitrogen and oxygen atoms in total. The number of likely N-dealkylation sites (tertiary alicyclic amines) is 1. The summed E-state index contributed by atoms with van der Waals surface area (Å²) in [7, 11) is 2.08. The van der Waals surface area contributed by atoms with Gasteiger partial charge in [-0.05, 0) is 52.6 Å². The average Bonchev–Trinajstić information content (AvgIpc) is 2.09. The lowest BCUT2D eigenvalue weighted by Gasteiger charge is -2.48. The number of hydrogen-bond donors (Lipinski definition) is 1. The second-order valence-corrected chi connectivity index (χ2v) is 6.34. The summed E-state index contributed by atoms with van der Waals surface area (Å²) in [6, 6.07) is 0. The largest absolute Gasteiger partial charge is 0.481 e. The summed E-state index contributed by atoms with van der Waals surface area (Å²) >= 11 is 0. The third-order valence-electron chi connectivity index (χ3n) is 3.98. The second kappa shape index (κ2) is 4.36. The Kier molecular flexibility index (Phi) is 3.68. The van der Waals surface area contributed by atoms with Crippen LogP contribution in [-0.4, -0.2) is 35.1 Å². The zero-order valence-electron chi connectivity index (χ0n) is 11.2. The Morgan fingerprint density at radius 2 is 2.00 bits per heavy atom. The van der Waals surface area contributed by atoms with Crippen LogP contribution in [0.1, 0.15) is 47.0 Å². The normalized spacial score (nSPS) is 30.6. The second-order valence-electron chi connectivity index (χ2n) is 6.34. The van der Waals surface area contributed by atoms with Gasteiger partial charge in [0.2, 0.25) is 0 Å². The van der Waals surface area contributed by atoms with Crippen molar-refractivity contribution in [3.63, 3.8) is 0 Å². The van der Waals surface area contributed by atoms with Gasteiger partial charge < -0.3 is 10.0 Å². The maximum absolute atomic E-state index is 11.6. The molecule has 1 saturated heterocycles. The van der Waals surface area contributed by atoms with Gasteiger partial charge in [0.25, 0.3) is 0 Å². The van der Waals surface area contributed by atoms with Gasteiger partial charge in [-0.3, -0.25) is 4.79 Å². The van der Waals surface area contributed by atoms with Crippen molar-refractivity contribution >= 4 is 5.97 Å². The quantitative estimate of drug-likeness (QED) is 0.805. The predicted octanol–water partition coefficient (Wildman–Crippen LogP) is 2.61. The number of rotatable bonds is 3. The van der Waals surface area contributed by atoms with Crippen molar-refractivity contribution in [2.75, 3.05) is 13.6 Å². The minimum absolute atomic E-state index is 0.00840. The van der Waals surface area contributed by atoms with E-state index in [1.165, 1.54) is 0 Å². The number of aliphatic carboxylic acids is 1. The Morgan fingerprint density at radius 1 is 1.44 bits per heavy atom. The molecule has 3 heteroatoms. The summed E-state index contributed by atoms with van der Waals surface area (Å²) in [4.78, 5) is 13.9. The fourth-order valence-corrected chi connectivity index (χ4v) is 2.96. The molecule has 1 fully saturated rings. The van der Waals surface area contributed by atoms with Crippen LogP contribution in [0.5, 0.6) is 0 Å². The van der Waals surface area contributed by atoms with Crippen molar-refractivity contribution in [2.45, 2.75) is 52.5 Å². The molecule has 0 aliphatic carbocycles. The van der Waals surface area contributed by atoms with Crippen LogP contribution >= 0.6 is 0 Å². The van der Waals surface area contributed by atoms with Gasteiger partial charge >= 0.3 is 5.97 Å². The number of carboxylic acids is 1. The molecule has 0 aromatic rings. The van der Waals surface area contributed by atoms with Gasteiger partial charge in [0, 0.05) is 5.54 Å². The molecule has 0 saturated carbocycles. The van der Waals surface area contributed by atoms with Gasteiger partial charge in [0.1, 0.15) is 0 Å². The minimum Gasteiger partial charge on any atom is -0.481 e. The first-order valence-corrected chi connectivity index (χ1v) is 6.14. The number of carboxylic acid groups (broad SMARTS) is 1. The summed E-state index contributed by atoms with van der Waals surface area (Å²) in [5.41, 5.74) is -0.518. The maximum Gasteiger partial charge on any atom is 0.309 e. The highest BCUT2D eigenvalue weighted by atomic mass is 16.4. The first kappa shape index (κ1) is 13.5. The molecule has 1 aliphatic heterocycles. The predicted molar refractivity (Wildman–Crippen MR) is 65.5 cm³/mol. The van der Waals surface area contributed by atoms with Gasteiger partial charge in [-0.15, -0.1) is 0 Å². The van der Waals surface area contributed by atoms with E-state index in [9.17, 15) is 9.90 Å². The average molecular weight is 227 g/mol. The molecule has 0 aromatic heterocycles. The Balaban J connectivity index is 2.92. The molecular formula is C13H25NO2. The lowest BCUT2D eigenvalue weighted by atomic mass is 9.67. The Labute approximate surface area is 98.8 Å². The summed E-state index contributed by atoms with van der Waals surface area (Å²) in [5.74, 6) is -0.169. The standard InChI is InChI=1S/C13H25NO2/c1-10(2)8-13(11(15)16)6-7-14(5)12(3,4)9-13/h10H,6-9H2,1-5H3,(H,15,16). The molecule has 0 aromatic carbocycles. The summed E-state index contributed by atoms with van der Waals surface area (Å²) in [6.07, 6.45) is 2.32. The molecule has 1 N–H and O–H groups in total. The summed E-state index contributed by atoms with van der Waals surface area (Å²) in [6.45, 7) is 9.38. The van der Waals surface area contributed by atoms with Gasteiger partial charge in [0.05, 0.1) is 5.41 Å². The summed E-state index contributed by atoms with van der Waals surface area (Å²) < 4.78 is 0. The first-order chi connectivity index (χ1) is 7.19. The molecule has 1 atom stereocenters. The van der Waals surface area contributed by atoms with E-state index in [1.807, 2.05) is 0 Å². The zero-order valence-corrected chi connectivity index (χ0v) is 11.2. The highest BCUT2D eigenvalue weighted by Gasteiger charge is 2.47. The lowest BCUT2D eigenvalue weighted by molar-refractivity contribution is -0.157. The third kappa shape index (κ3) is 2.57. The van der Waals surface area contributed by atoms with E-state index < -0.39 is 11.4 Å². The SMILES string of the molecule is CC(C)CC1(C(=O)O)CCN(C)C(C)(C)C1. The third-order valence-corrected chi connectivity index (χ3v) is 3.98. The van der Waals surface area contributed by atoms with Crippen LogP contribution in [0.3, 0.4) is 0 Å². The lowest BCUT2D eigenvalue weighted by Crippen LogP contribution is -2.54. The molecule has 0 bridgehead atoms. The van der Waals surface area contributed by atoms with Crippen molar-refractivity contribution in [1.82, 2.24) is 4.90 Å². The monoisotopic (exact) mass is 227 g/mol. The maximum atomic E-state index is 11.6. The Hall–Kier alpha value is -0.570. The fourth-order valence-electron chi connectivity index (χ4n) is 2.96. The van der Waals surface area contributed by atoms with E-state index in [4.69, 9.17) is 0 Å². The van der Waals surface area contributed by atoms with Gasteiger partial charge in [-0.2, -0.15) is 0 Å². The summed E-state index contributed by atoms with van der Waals surface area (Å²) in [5, 5.41) is 9.54. The molecule has 16 heavy (non-hydrogen) atoms. The molecule has 1 unspecified atom stereocenters. The highest BCUT2D eigenvalue weighted by Crippen LogP contribution is 2.44. The molecule has 1 aliphatic rings. The topological polar surface area (TPSA) is 40.5 Å².